The van der Waals surface area contributed by atoms with Crippen molar-refractivity contribution in [2.75, 3.05) is 0 Å². The molecule has 0 fully saturated rings. The Kier molecular flexibility index (Phi) is 3.42. The highest BCUT2D eigenvalue weighted by atomic mass is 79.9. The van der Waals surface area contributed by atoms with Crippen molar-refractivity contribution >= 4 is 21.9 Å². The van der Waals surface area contributed by atoms with E-state index in [-0.39, 0.29) is 12.8 Å². The lowest BCUT2D eigenvalue weighted by Gasteiger charge is -2.03. The SMILES string of the molecule is O=C([O-])CCc1ccc(Br)cc1F. The molecule has 1 aromatic carbocycles. The van der Waals surface area contributed by atoms with E-state index in [0.29, 0.717) is 10.0 Å². The lowest BCUT2D eigenvalue weighted by Crippen LogP contribution is -2.22. The number of hydrogen-bond donors (Lipinski definition) is 0. The first-order valence-corrected chi connectivity index (χ1v) is 4.52. The van der Waals surface area contributed by atoms with Gasteiger partial charge in [0, 0.05) is 10.4 Å². The topological polar surface area (TPSA) is 40.1 Å². The largest absolute Gasteiger partial charge is 0.550 e. The Bertz CT molecular complexity index is 325. The molecule has 0 unspecified atom stereocenters. The van der Waals surface area contributed by atoms with Gasteiger partial charge < -0.3 is 9.90 Å². The van der Waals surface area contributed by atoms with E-state index in [4.69, 9.17) is 0 Å². The van der Waals surface area contributed by atoms with E-state index in [1.807, 2.05) is 0 Å². The molecular weight excluding hydrogens is 239 g/mol. The summed E-state index contributed by atoms with van der Waals surface area (Å²) >= 11 is 3.11. The number of aryl methyl sites for hydroxylation is 1. The molecule has 0 bridgehead atoms. The van der Waals surface area contributed by atoms with Gasteiger partial charge in [-0.2, -0.15) is 0 Å². The monoisotopic (exact) mass is 245 g/mol. The summed E-state index contributed by atoms with van der Waals surface area (Å²) in [5.41, 5.74) is 0.396. The van der Waals surface area contributed by atoms with Gasteiger partial charge in [-0.15, -0.1) is 0 Å². The standard InChI is InChI=1S/C9H8BrFO2/c10-7-3-1-6(8(11)5-7)2-4-9(12)13/h1,3,5H,2,4H2,(H,12,13)/p-1. The molecule has 0 saturated heterocycles. The van der Waals surface area contributed by atoms with E-state index in [1.165, 1.54) is 6.07 Å². The molecular formula is C9H7BrFO2-. The van der Waals surface area contributed by atoms with Crippen LogP contribution < -0.4 is 5.11 Å². The Labute approximate surface area is 83.5 Å². The molecule has 0 aliphatic heterocycles. The molecule has 0 aromatic heterocycles. The number of benzene rings is 1. The van der Waals surface area contributed by atoms with E-state index >= 15 is 0 Å². The van der Waals surface area contributed by atoms with Crippen LogP contribution in [0.4, 0.5) is 4.39 Å². The Morgan fingerprint density at radius 1 is 1.54 bits per heavy atom. The fourth-order valence-corrected chi connectivity index (χ4v) is 1.29. The lowest BCUT2D eigenvalue weighted by molar-refractivity contribution is -0.305. The molecule has 0 amide bonds. The Balaban J connectivity index is 2.72. The Hall–Kier alpha value is -0.900. The van der Waals surface area contributed by atoms with Crippen molar-refractivity contribution in [1.29, 1.82) is 0 Å². The first-order chi connectivity index (χ1) is 6.09. The number of aliphatic carboxylic acids is 1. The van der Waals surface area contributed by atoms with Crippen molar-refractivity contribution in [3.05, 3.63) is 34.1 Å². The summed E-state index contributed by atoms with van der Waals surface area (Å²) < 4.78 is 13.7. The van der Waals surface area contributed by atoms with Crippen LogP contribution in [0.15, 0.2) is 22.7 Å². The van der Waals surface area contributed by atoms with Crippen molar-refractivity contribution in [2.24, 2.45) is 0 Å². The second-order valence-electron chi connectivity index (χ2n) is 2.61. The van der Waals surface area contributed by atoms with Crippen molar-refractivity contribution in [3.8, 4) is 0 Å². The van der Waals surface area contributed by atoms with Crippen molar-refractivity contribution in [1.82, 2.24) is 0 Å². The fourth-order valence-electron chi connectivity index (χ4n) is 0.961. The third kappa shape index (κ3) is 3.14. The van der Waals surface area contributed by atoms with Crippen LogP contribution in [0.2, 0.25) is 0 Å². The molecule has 0 heterocycles. The first kappa shape index (κ1) is 10.2. The number of hydrogen-bond acceptors (Lipinski definition) is 2. The molecule has 1 rings (SSSR count). The average Bonchev–Trinajstić information content (AvgIpc) is 2.02. The molecule has 2 nitrogen and oxygen atoms in total. The average molecular weight is 246 g/mol. The highest BCUT2D eigenvalue weighted by Gasteiger charge is 2.01. The molecule has 70 valence electrons. The lowest BCUT2D eigenvalue weighted by atomic mass is 10.1. The van der Waals surface area contributed by atoms with Crippen molar-refractivity contribution < 1.29 is 14.3 Å². The Morgan fingerprint density at radius 3 is 2.77 bits per heavy atom. The van der Waals surface area contributed by atoms with Gasteiger partial charge >= 0.3 is 0 Å². The summed E-state index contributed by atoms with van der Waals surface area (Å²) in [6, 6.07) is 4.54. The van der Waals surface area contributed by atoms with E-state index in [0.717, 1.165) is 0 Å². The van der Waals surface area contributed by atoms with E-state index in [1.54, 1.807) is 12.1 Å². The number of carbonyl (C=O) groups excluding carboxylic acids is 1. The zero-order valence-corrected chi connectivity index (χ0v) is 8.30. The molecule has 4 heteroatoms. The molecule has 0 radical (unpaired) electrons. The first-order valence-electron chi connectivity index (χ1n) is 3.73. The van der Waals surface area contributed by atoms with Gasteiger partial charge in [0.2, 0.25) is 0 Å². The maximum Gasteiger partial charge on any atom is 0.127 e. The molecule has 1 aromatic rings. The minimum atomic E-state index is -1.16. The summed E-state index contributed by atoms with van der Waals surface area (Å²) in [6.07, 6.45) is 0.0139. The van der Waals surface area contributed by atoms with Crippen LogP contribution in [0, 0.1) is 5.82 Å². The number of halogens is 2. The third-order valence-electron chi connectivity index (χ3n) is 1.61. The predicted molar refractivity (Wildman–Crippen MR) is 47.4 cm³/mol. The molecule has 0 aliphatic carbocycles. The molecule has 0 aliphatic rings. The fraction of sp³-hybridized carbons (Fsp3) is 0.222. The molecule has 0 saturated carbocycles. The minimum Gasteiger partial charge on any atom is -0.550 e. The number of carboxylic acid groups (broad SMARTS) is 1. The van der Waals surface area contributed by atoms with Gasteiger partial charge in [-0.3, -0.25) is 0 Å². The van der Waals surface area contributed by atoms with Gasteiger partial charge in [0.05, 0.1) is 0 Å². The van der Waals surface area contributed by atoms with Gasteiger partial charge in [0.15, 0.2) is 0 Å². The summed E-state index contributed by atoms with van der Waals surface area (Å²) in [5.74, 6) is -1.56. The predicted octanol–water partition coefficient (Wildman–Crippen LogP) is 1.27. The zero-order chi connectivity index (χ0) is 9.84. The number of carbonyl (C=O) groups is 1. The Morgan fingerprint density at radius 2 is 2.23 bits per heavy atom. The van der Waals surface area contributed by atoms with Crippen LogP contribution >= 0.6 is 15.9 Å². The van der Waals surface area contributed by atoms with Crippen LogP contribution in [-0.4, -0.2) is 5.97 Å². The van der Waals surface area contributed by atoms with E-state index in [9.17, 15) is 14.3 Å². The minimum absolute atomic E-state index is 0.154. The van der Waals surface area contributed by atoms with Crippen LogP contribution in [-0.2, 0) is 11.2 Å². The maximum atomic E-state index is 13.1. The summed E-state index contributed by atoms with van der Waals surface area (Å²) in [5, 5.41) is 10.1. The van der Waals surface area contributed by atoms with Crippen molar-refractivity contribution in [3.63, 3.8) is 0 Å². The van der Waals surface area contributed by atoms with Gasteiger partial charge in [0.1, 0.15) is 5.82 Å². The van der Waals surface area contributed by atoms with Gasteiger partial charge in [0.25, 0.3) is 0 Å². The smallest absolute Gasteiger partial charge is 0.127 e. The normalized spacial score (nSPS) is 10.0. The van der Waals surface area contributed by atoms with Gasteiger partial charge in [-0.25, -0.2) is 4.39 Å². The molecule has 0 N–H and O–H groups in total. The summed E-state index contributed by atoms with van der Waals surface area (Å²) in [7, 11) is 0. The maximum absolute atomic E-state index is 13.1. The quantitative estimate of drug-likeness (QED) is 0.805. The zero-order valence-electron chi connectivity index (χ0n) is 6.72. The molecule has 0 spiro atoms. The van der Waals surface area contributed by atoms with Crippen LogP contribution in [0.1, 0.15) is 12.0 Å². The highest BCUT2D eigenvalue weighted by molar-refractivity contribution is 9.10. The van der Waals surface area contributed by atoms with Crippen molar-refractivity contribution in [2.45, 2.75) is 12.8 Å². The second kappa shape index (κ2) is 4.37. The van der Waals surface area contributed by atoms with E-state index in [2.05, 4.69) is 15.9 Å². The van der Waals surface area contributed by atoms with Crippen LogP contribution in [0.5, 0.6) is 0 Å². The number of carboxylic acids is 1. The third-order valence-corrected chi connectivity index (χ3v) is 2.11. The second-order valence-corrected chi connectivity index (χ2v) is 3.52. The van der Waals surface area contributed by atoms with Crippen LogP contribution in [0.3, 0.4) is 0 Å². The summed E-state index contributed by atoms with van der Waals surface area (Å²) in [6.45, 7) is 0. The van der Waals surface area contributed by atoms with Gasteiger partial charge in [-0.05, 0) is 30.5 Å². The van der Waals surface area contributed by atoms with Gasteiger partial charge in [-0.1, -0.05) is 22.0 Å². The summed E-state index contributed by atoms with van der Waals surface area (Å²) in [4.78, 5) is 10.1. The highest BCUT2D eigenvalue weighted by Crippen LogP contribution is 2.16. The van der Waals surface area contributed by atoms with E-state index < -0.39 is 11.8 Å². The number of rotatable bonds is 3. The molecule has 13 heavy (non-hydrogen) atoms. The van der Waals surface area contributed by atoms with Crippen LogP contribution in [0.25, 0.3) is 0 Å². The molecule has 0 atom stereocenters.